The van der Waals surface area contributed by atoms with Crippen molar-refractivity contribution in [3.63, 3.8) is 0 Å². The second-order valence-corrected chi connectivity index (χ2v) is 7.63. The maximum atomic E-state index is 14.2. The molecule has 31 heavy (non-hydrogen) atoms. The van der Waals surface area contributed by atoms with Crippen molar-refractivity contribution in [1.29, 1.82) is 0 Å². The molecule has 2 aromatic carbocycles. The van der Waals surface area contributed by atoms with E-state index in [4.69, 9.17) is 14.2 Å². The van der Waals surface area contributed by atoms with Gasteiger partial charge in [0.15, 0.2) is 11.5 Å². The third kappa shape index (κ3) is 5.91. The molecular weight excluding hydrogens is 402 g/mol. The summed E-state index contributed by atoms with van der Waals surface area (Å²) in [7, 11) is 1.69. The molecule has 6 heteroatoms. The third-order valence-corrected chi connectivity index (χ3v) is 5.57. The van der Waals surface area contributed by atoms with Crippen LogP contribution in [0, 0.1) is 17.6 Å². The van der Waals surface area contributed by atoms with Gasteiger partial charge >= 0.3 is 5.97 Å². The van der Waals surface area contributed by atoms with Crippen LogP contribution in [0.4, 0.5) is 8.78 Å². The van der Waals surface area contributed by atoms with Crippen LogP contribution in [-0.4, -0.2) is 26.3 Å². The van der Waals surface area contributed by atoms with E-state index in [-0.39, 0.29) is 17.9 Å². The average Bonchev–Trinajstić information content (AvgIpc) is 2.79. The van der Waals surface area contributed by atoms with Crippen molar-refractivity contribution in [2.24, 2.45) is 5.92 Å². The fourth-order valence-corrected chi connectivity index (χ4v) is 3.90. The first-order valence-corrected chi connectivity index (χ1v) is 10.6. The van der Waals surface area contributed by atoms with Crippen molar-refractivity contribution >= 4 is 5.97 Å². The Kier molecular flexibility index (Phi) is 8.18. The molecule has 0 radical (unpaired) electrons. The summed E-state index contributed by atoms with van der Waals surface area (Å²) in [5.41, 5.74) is 1.46. The molecule has 0 heterocycles. The highest BCUT2D eigenvalue weighted by molar-refractivity contribution is 5.91. The summed E-state index contributed by atoms with van der Waals surface area (Å²) in [5, 5.41) is 0. The summed E-state index contributed by atoms with van der Waals surface area (Å²) < 4.78 is 43.2. The standard InChI is InChI=1S/C25H28F2O4/c1-3-30-21-14-15-22(24(27)23(21)26)31-25(28)20-12-10-19(11-13-20)18-8-6-17(7-9-18)5-4-16-29-2/h4-5,10-15,17-18H,3,6-9,16H2,1-2H3/t17-,18-. The lowest BCUT2D eigenvalue weighted by atomic mass is 9.78. The number of ether oxygens (including phenoxy) is 3. The largest absolute Gasteiger partial charge is 0.491 e. The predicted molar refractivity (Wildman–Crippen MR) is 115 cm³/mol. The fraction of sp³-hybridized carbons (Fsp3) is 0.400. The van der Waals surface area contributed by atoms with E-state index < -0.39 is 23.4 Å². The number of rotatable bonds is 8. The zero-order valence-corrected chi connectivity index (χ0v) is 17.9. The van der Waals surface area contributed by atoms with Crippen molar-refractivity contribution in [2.75, 3.05) is 20.3 Å². The van der Waals surface area contributed by atoms with Gasteiger partial charge in [-0.25, -0.2) is 4.79 Å². The van der Waals surface area contributed by atoms with Crippen molar-refractivity contribution < 1.29 is 27.8 Å². The van der Waals surface area contributed by atoms with E-state index in [9.17, 15) is 13.6 Å². The highest BCUT2D eigenvalue weighted by Crippen LogP contribution is 2.36. The molecule has 0 amide bonds. The first-order valence-electron chi connectivity index (χ1n) is 10.6. The summed E-state index contributed by atoms with van der Waals surface area (Å²) in [6.45, 7) is 2.51. The minimum Gasteiger partial charge on any atom is -0.491 e. The minimum atomic E-state index is -1.24. The van der Waals surface area contributed by atoms with Gasteiger partial charge in [0.2, 0.25) is 11.6 Å². The van der Waals surface area contributed by atoms with Gasteiger partial charge in [-0.15, -0.1) is 0 Å². The molecule has 0 aromatic heterocycles. The third-order valence-electron chi connectivity index (χ3n) is 5.57. The lowest BCUT2D eigenvalue weighted by Gasteiger charge is -2.27. The number of hydrogen-bond donors (Lipinski definition) is 0. The quantitative estimate of drug-likeness (QED) is 0.290. The SMILES string of the molecule is CCOc1ccc(OC(=O)c2ccc([C@H]3CC[C@H](C=CCOC)CC3)cc2)c(F)c1F. The van der Waals surface area contributed by atoms with Gasteiger partial charge in [0, 0.05) is 7.11 Å². The van der Waals surface area contributed by atoms with E-state index in [1.165, 1.54) is 17.7 Å². The maximum absolute atomic E-state index is 14.2. The molecule has 1 aliphatic carbocycles. The van der Waals surface area contributed by atoms with Crippen molar-refractivity contribution in [3.8, 4) is 11.5 Å². The van der Waals surface area contributed by atoms with Gasteiger partial charge in [-0.1, -0.05) is 24.3 Å². The monoisotopic (exact) mass is 430 g/mol. The van der Waals surface area contributed by atoms with Gasteiger partial charge in [0.25, 0.3) is 0 Å². The molecule has 0 N–H and O–H groups in total. The summed E-state index contributed by atoms with van der Waals surface area (Å²) in [5.74, 6) is -2.79. The highest BCUT2D eigenvalue weighted by Gasteiger charge is 2.22. The zero-order valence-electron chi connectivity index (χ0n) is 17.9. The van der Waals surface area contributed by atoms with E-state index in [0.29, 0.717) is 18.4 Å². The Balaban J connectivity index is 1.59. The van der Waals surface area contributed by atoms with E-state index in [1.807, 2.05) is 12.1 Å². The Morgan fingerprint density at radius 1 is 1.00 bits per heavy atom. The Labute approximate surface area is 181 Å². The number of carbonyl (C=O) groups excluding carboxylic acids is 1. The fourth-order valence-electron chi connectivity index (χ4n) is 3.90. The molecule has 2 aromatic rings. The smallest absolute Gasteiger partial charge is 0.343 e. The topological polar surface area (TPSA) is 44.8 Å². The van der Waals surface area contributed by atoms with Gasteiger partial charge in [-0.2, -0.15) is 8.78 Å². The molecule has 0 aliphatic heterocycles. The van der Waals surface area contributed by atoms with E-state index >= 15 is 0 Å². The maximum Gasteiger partial charge on any atom is 0.343 e. The van der Waals surface area contributed by atoms with Crippen molar-refractivity contribution in [3.05, 3.63) is 71.3 Å². The molecule has 166 valence electrons. The van der Waals surface area contributed by atoms with Crippen LogP contribution < -0.4 is 9.47 Å². The first-order chi connectivity index (χ1) is 15.0. The molecule has 0 unspecified atom stereocenters. The van der Waals surface area contributed by atoms with Crippen LogP contribution >= 0.6 is 0 Å². The van der Waals surface area contributed by atoms with Crippen LogP contribution in [0.5, 0.6) is 11.5 Å². The molecule has 1 aliphatic rings. The van der Waals surface area contributed by atoms with Crippen molar-refractivity contribution in [1.82, 2.24) is 0 Å². The summed E-state index contributed by atoms with van der Waals surface area (Å²) in [6.07, 6.45) is 8.73. The van der Waals surface area contributed by atoms with Gasteiger partial charge < -0.3 is 14.2 Å². The summed E-state index contributed by atoms with van der Waals surface area (Å²) in [4.78, 5) is 12.4. The van der Waals surface area contributed by atoms with Crippen LogP contribution in [0.2, 0.25) is 0 Å². The number of esters is 1. The predicted octanol–water partition coefficient (Wildman–Crippen LogP) is 6.06. The number of halogens is 2. The second-order valence-electron chi connectivity index (χ2n) is 7.63. The van der Waals surface area contributed by atoms with Gasteiger partial charge in [0.1, 0.15) is 0 Å². The number of allylic oxidation sites excluding steroid dienone is 1. The Morgan fingerprint density at radius 2 is 1.65 bits per heavy atom. The van der Waals surface area contributed by atoms with Gasteiger partial charge in [-0.05, 0) is 74.3 Å². The number of carbonyl (C=O) groups is 1. The van der Waals surface area contributed by atoms with E-state index in [2.05, 4.69) is 12.2 Å². The number of hydrogen-bond acceptors (Lipinski definition) is 4. The molecule has 0 bridgehead atoms. The molecule has 0 saturated heterocycles. The summed E-state index contributed by atoms with van der Waals surface area (Å²) in [6, 6.07) is 9.61. The Morgan fingerprint density at radius 3 is 2.29 bits per heavy atom. The summed E-state index contributed by atoms with van der Waals surface area (Å²) >= 11 is 0. The Hall–Kier alpha value is -2.73. The second kappa shape index (κ2) is 11.0. The van der Waals surface area contributed by atoms with Crippen LogP contribution in [0.3, 0.4) is 0 Å². The number of methoxy groups -OCH3 is 1. The number of benzene rings is 2. The van der Waals surface area contributed by atoms with E-state index in [0.717, 1.165) is 25.7 Å². The molecule has 0 atom stereocenters. The van der Waals surface area contributed by atoms with Crippen LogP contribution in [-0.2, 0) is 4.74 Å². The van der Waals surface area contributed by atoms with Crippen LogP contribution in [0.15, 0.2) is 48.6 Å². The zero-order chi connectivity index (χ0) is 22.2. The average molecular weight is 430 g/mol. The molecule has 1 saturated carbocycles. The van der Waals surface area contributed by atoms with E-state index in [1.54, 1.807) is 26.2 Å². The van der Waals surface area contributed by atoms with Gasteiger partial charge in [0.05, 0.1) is 18.8 Å². The molecule has 1 fully saturated rings. The molecule has 4 nitrogen and oxygen atoms in total. The van der Waals surface area contributed by atoms with Crippen LogP contribution in [0.1, 0.15) is 54.4 Å². The van der Waals surface area contributed by atoms with Crippen molar-refractivity contribution in [2.45, 2.75) is 38.5 Å². The molecule has 3 rings (SSSR count). The van der Waals surface area contributed by atoms with Crippen LogP contribution in [0.25, 0.3) is 0 Å². The minimum absolute atomic E-state index is 0.202. The Bertz CT molecular complexity index is 900. The lowest BCUT2D eigenvalue weighted by molar-refractivity contribution is 0.0726. The normalized spacial score (nSPS) is 18.8. The molecule has 0 spiro atoms. The molecular formula is C25H28F2O4. The highest BCUT2D eigenvalue weighted by atomic mass is 19.2. The lowest BCUT2D eigenvalue weighted by Crippen LogP contribution is -2.13. The first kappa shape index (κ1) is 22.9. The van der Waals surface area contributed by atoms with Gasteiger partial charge in [-0.3, -0.25) is 0 Å².